The summed E-state index contributed by atoms with van der Waals surface area (Å²) in [6.45, 7) is 1.94. The van der Waals surface area contributed by atoms with Gasteiger partial charge in [-0.25, -0.2) is 0 Å². The second-order valence-corrected chi connectivity index (χ2v) is 5.79. The van der Waals surface area contributed by atoms with Gasteiger partial charge in [0.25, 0.3) is 0 Å². The third-order valence-electron chi connectivity index (χ3n) is 3.27. The number of hydrogen-bond donors (Lipinski definition) is 0. The van der Waals surface area contributed by atoms with Gasteiger partial charge in [-0.3, -0.25) is 0 Å². The summed E-state index contributed by atoms with van der Waals surface area (Å²) in [5.41, 5.74) is 2.51. The van der Waals surface area contributed by atoms with Gasteiger partial charge in [-0.05, 0) is 29.7 Å². The van der Waals surface area contributed by atoms with Gasteiger partial charge < -0.3 is 9.47 Å². The zero-order chi connectivity index (χ0) is 15.6. The van der Waals surface area contributed by atoms with E-state index in [4.69, 9.17) is 44.3 Å². The molecule has 1 unspecified atom stereocenters. The fraction of sp³-hybridized carbons (Fsp3) is 0.250. The molecule has 2 nitrogen and oxygen atoms in total. The minimum Gasteiger partial charge on any atom is -0.493 e. The molecule has 112 valence electrons. The van der Waals surface area contributed by atoms with Gasteiger partial charge in [-0.2, -0.15) is 0 Å². The first-order chi connectivity index (χ1) is 9.99. The lowest BCUT2D eigenvalue weighted by Gasteiger charge is -2.17. The Labute approximate surface area is 139 Å². The Morgan fingerprint density at radius 3 is 2.19 bits per heavy atom. The van der Waals surface area contributed by atoms with Crippen LogP contribution in [0.3, 0.4) is 0 Å². The lowest BCUT2D eigenvalue weighted by atomic mass is 10.0. The molecule has 0 heterocycles. The number of aryl methyl sites for hydroxylation is 1. The molecule has 0 aliphatic rings. The number of ether oxygens (including phenoxy) is 2. The Balaban J connectivity index is 2.53. The van der Waals surface area contributed by atoms with Gasteiger partial charge in [-0.1, -0.05) is 41.4 Å². The summed E-state index contributed by atoms with van der Waals surface area (Å²) in [7, 11) is 3.13. The molecule has 0 saturated heterocycles. The summed E-state index contributed by atoms with van der Waals surface area (Å²) in [5.74, 6) is 1.14. The van der Waals surface area contributed by atoms with Crippen molar-refractivity contribution < 1.29 is 9.47 Å². The van der Waals surface area contributed by atoms with Crippen LogP contribution < -0.4 is 9.47 Å². The van der Waals surface area contributed by atoms with Gasteiger partial charge >= 0.3 is 0 Å². The van der Waals surface area contributed by atoms with Crippen molar-refractivity contribution in [1.29, 1.82) is 0 Å². The van der Waals surface area contributed by atoms with Gasteiger partial charge in [0.1, 0.15) is 0 Å². The quantitative estimate of drug-likeness (QED) is 0.667. The maximum atomic E-state index is 6.57. The van der Waals surface area contributed by atoms with Crippen molar-refractivity contribution >= 4 is 34.8 Å². The molecule has 1 atom stereocenters. The van der Waals surface area contributed by atoms with Crippen LogP contribution in [0, 0.1) is 6.92 Å². The Morgan fingerprint density at radius 2 is 1.57 bits per heavy atom. The summed E-state index contributed by atoms with van der Waals surface area (Å²) < 4.78 is 10.5. The van der Waals surface area contributed by atoms with Crippen LogP contribution in [0.15, 0.2) is 30.3 Å². The number of methoxy groups -OCH3 is 2. The van der Waals surface area contributed by atoms with Gasteiger partial charge in [0, 0.05) is 16.1 Å². The fourth-order valence-electron chi connectivity index (χ4n) is 2.10. The summed E-state index contributed by atoms with van der Waals surface area (Å²) in [6, 6.07) is 9.21. The molecule has 0 aliphatic heterocycles. The smallest absolute Gasteiger partial charge is 0.162 e. The van der Waals surface area contributed by atoms with Crippen LogP contribution in [0.25, 0.3) is 0 Å². The SMILES string of the molecule is COc1cc(Cl)c(C(Cl)c2cccc(C)c2Cl)cc1OC. The van der Waals surface area contributed by atoms with Gasteiger partial charge in [-0.15, -0.1) is 11.6 Å². The summed E-state index contributed by atoms with van der Waals surface area (Å²) in [4.78, 5) is 0. The van der Waals surface area contributed by atoms with Crippen molar-refractivity contribution in [3.05, 3.63) is 57.1 Å². The third-order valence-corrected chi connectivity index (χ3v) is 4.58. The predicted octanol–water partition coefficient (Wildman–Crippen LogP) is 5.65. The highest BCUT2D eigenvalue weighted by atomic mass is 35.5. The first-order valence-electron chi connectivity index (χ1n) is 6.30. The minimum atomic E-state index is -0.468. The molecule has 0 amide bonds. The average Bonchev–Trinajstić information content (AvgIpc) is 2.49. The summed E-state index contributed by atoms with van der Waals surface area (Å²) in [6.07, 6.45) is 0. The van der Waals surface area contributed by atoms with E-state index >= 15 is 0 Å². The van der Waals surface area contributed by atoms with Crippen LogP contribution in [0.4, 0.5) is 0 Å². The average molecular weight is 346 g/mol. The zero-order valence-electron chi connectivity index (χ0n) is 11.9. The highest BCUT2D eigenvalue weighted by molar-refractivity contribution is 6.35. The number of benzene rings is 2. The Bertz CT molecular complexity index is 656. The van der Waals surface area contributed by atoms with Gasteiger partial charge in [0.2, 0.25) is 0 Å². The van der Waals surface area contributed by atoms with Crippen LogP contribution >= 0.6 is 34.8 Å². The predicted molar refractivity (Wildman–Crippen MR) is 88.4 cm³/mol. The molecule has 0 aliphatic carbocycles. The molecule has 2 aromatic rings. The van der Waals surface area contributed by atoms with E-state index in [-0.39, 0.29) is 0 Å². The number of hydrogen-bond acceptors (Lipinski definition) is 2. The van der Waals surface area contributed by atoms with Gasteiger partial charge in [0.05, 0.1) is 19.6 Å². The van der Waals surface area contributed by atoms with Crippen LogP contribution in [0.2, 0.25) is 10.0 Å². The first kappa shape index (κ1) is 16.3. The van der Waals surface area contributed by atoms with Crippen LogP contribution in [0.1, 0.15) is 22.1 Å². The second-order valence-electron chi connectivity index (χ2n) is 4.57. The van der Waals surface area contributed by atoms with Crippen molar-refractivity contribution in [2.45, 2.75) is 12.3 Å². The lowest BCUT2D eigenvalue weighted by molar-refractivity contribution is 0.354. The topological polar surface area (TPSA) is 18.5 Å². The van der Waals surface area contributed by atoms with E-state index in [0.717, 1.165) is 16.7 Å². The molecule has 2 aromatic carbocycles. The highest BCUT2D eigenvalue weighted by Crippen LogP contribution is 2.42. The van der Waals surface area contributed by atoms with Crippen LogP contribution in [0.5, 0.6) is 11.5 Å². The third kappa shape index (κ3) is 3.23. The van der Waals surface area contributed by atoms with Crippen molar-refractivity contribution in [2.75, 3.05) is 14.2 Å². The largest absolute Gasteiger partial charge is 0.493 e. The van der Waals surface area contributed by atoms with Crippen LogP contribution in [-0.2, 0) is 0 Å². The lowest BCUT2D eigenvalue weighted by Crippen LogP contribution is -1.99. The van der Waals surface area contributed by atoms with E-state index in [1.54, 1.807) is 26.4 Å². The summed E-state index contributed by atoms with van der Waals surface area (Å²) in [5, 5.41) is 0.679. The fourth-order valence-corrected chi connectivity index (χ4v) is 3.07. The van der Waals surface area contributed by atoms with Crippen molar-refractivity contribution in [1.82, 2.24) is 0 Å². The molecular weight excluding hydrogens is 331 g/mol. The Morgan fingerprint density at radius 1 is 0.952 bits per heavy atom. The zero-order valence-corrected chi connectivity index (χ0v) is 14.2. The minimum absolute atomic E-state index is 0.468. The maximum absolute atomic E-state index is 6.57. The molecular formula is C16H15Cl3O2. The number of halogens is 3. The van der Waals surface area contributed by atoms with E-state index in [9.17, 15) is 0 Å². The van der Waals surface area contributed by atoms with E-state index in [1.807, 2.05) is 25.1 Å². The van der Waals surface area contributed by atoms with Crippen molar-refractivity contribution in [3.63, 3.8) is 0 Å². The summed E-state index contributed by atoms with van der Waals surface area (Å²) >= 11 is 19.2. The molecule has 5 heteroatoms. The highest BCUT2D eigenvalue weighted by Gasteiger charge is 2.20. The molecule has 0 N–H and O–H groups in total. The molecule has 0 saturated carbocycles. The van der Waals surface area contributed by atoms with Gasteiger partial charge in [0.15, 0.2) is 11.5 Å². The molecule has 0 bridgehead atoms. The molecule has 21 heavy (non-hydrogen) atoms. The molecule has 0 fully saturated rings. The number of alkyl halides is 1. The van der Waals surface area contributed by atoms with Crippen molar-refractivity contribution in [2.24, 2.45) is 0 Å². The van der Waals surface area contributed by atoms with Crippen LogP contribution in [-0.4, -0.2) is 14.2 Å². The number of rotatable bonds is 4. The maximum Gasteiger partial charge on any atom is 0.162 e. The van der Waals surface area contributed by atoms with Crippen molar-refractivity contribution in [3.8, 4) is 11.5 Å². The Hall–Kier alpha value is -1.09. The first-order valence-corrected chi connectivity index (χ1v) is 7.49. The second kappa shape index (κ2) is 6.78. The Kier molecular flexibility index (Phi) is 5.26. The van der Waals surface area contributed by atoms with E-state index < -0.39 is 5.38 Å². The van der Waals surface area contributed by atoms with E-state index in [2.05, 4.69) is 0 Å². The van der Waals surface area contributed by atoms with E-state index in [1.165, 1.54) is 0 Å². The molecule has 0 radical (unpaired) electrons. The van der Waals surface area contributed by atoms with E-state index in [0.29, 0.717) is 21.5 Å². The molecule has 2 rings (SSSR count). The normalized spacial score (nSPS) is 12.1. The molecule has 0 spiro atoms. The standard InChI is InChI=1S/C16H15Cl3O2/c1-9-5-4-6-10(15(9)18)16(19)11-7-13(20-2)14(21-3)8-12(11)17/h4-8,16H,1-3H3. The monoisotopic (exact) mass is 344 g/mol. The molecule has 0 aromatic heterocycles.